The van der Waals surface area contributed by atoms with Gasteiger partial charge in [0.2, 0.25) is 5.91 Å². The first-order chi connectivity index (χ1) is 9.42. The van der Waals surface area contributed by atoms with Gasteiger partial charge in [-0.2, -0.15) is 0 Å². The van der Waals surface area contributed by atoms with Gasteiger partial charge in [0.05, 0.1) is 4.92 Å². The van der Waals surface area contributed by atoms with E-state index in [0.29, 0.717) is 37.3 Å². The number of rotatable bonds is 3. The summed E-state index contributed by atoms with van der Waals surface area (Å²) in [5, 5.41) is 13.5. The maximum atomic E-state index is 12.2. The molecule has 1 aromatic carbocycles. The lowest BCUT2D eigenvalue weighted by Gasteiger charge is -2.31. The zero-order valence-corrected chi connectivity index (χ0v) is 11.2. The van der Waals surface area contributed by atoms with E-state index in [4.69, 9.17) is 10.5 Å². The summed E-state index contributed by atoms with van der Waals surface area (Å²) in [5.74, 6) is -0.334. The molecule has 0 bridgehead atoms. The summed E-state index contributed by atoms with van der Waals surface area (Å²) >= 11 is 0. The molecule has 1 heterocycles. The summed E-state index contributed by atoms with van der Waals surface area (Å²) in [6, 6.07) is 4.57. The van der Waals surface area contributed by atoms with Crippen molar-refractivity contribution in [3.8, 4) is 0 Å². The van der Waals surface area contributed by atoms with Crippen molar-refractivity contribution in [3.05, 3.63) is 33.9 Å². The van der Waals surface area contributed by atoms with Gasteiger partial charge in [-0.05, 0) is 25.8 Å². The van der Waals surface area contributed by atoms with Gasteiger partial charge in [-0.25, -0.2) is 0 Å². The van der Waals surface area contributed by atoms with E-state index >= 15 is 0 Å². The molecule has 7 nitrogen and oxygen atoms in total. The maximum Gasteiger partial charge on any atom is 0.274 e. The number of carbonyl (C=O) groups is 1. The first kappa shape index (κ1) is 14.4. The van der Waals surface area contributed by atoms with Gasteiger partial charge < -0.3 is 15.8 Å². The van der Waals surface area contributed by atoms with Crippen LogP contribution in [0, 0.1) is 17.0 Å². The number of benzene rings is 1. The fraction of sp³-hybridized carbons (Fsp3) is 0.462. The first-order valence-corrected chi connectivity index (χ1v) is 6.35. The lowest BCUT2D eigenvalue weighted by Crippen LogP contribution is -2.54. The molecule has 108 valence electrons. The number of ether oxygens (including phenoxy) is 1. The molecule has 1 aromatic rings. The molecule has 0 unspecified atom stereocenters. The molecule has 20 heavy (non-hydrogen) atoms. The Balaban J connectivity index is 2.15. The third-order valence-corrected chi connectivity index (χ3v) is 3.50. The molecule has 0 aliphatic carbocycles. The van der Waals surface area contributed by atoms with Crippen molar-refractivity contribution in [2.75, 3.05) is 18.5 Å². The van der Waals surface area contributed by atoms with E-state index < -0.39 is 10.5 Å². The van der Waals surface area contributed by atoms with Crippen molar-refractivity contribution in [1.82, 2.24) is 0 Å². The molecule has 0 saturated carbocycles. The number of aryl methyl sites for hydroxylation is 1. The number of nitrogens with two attached hydrogens (primary N) is 1. The normalized spacial score (nSPS) is 17.5. The highest BCUT2D eigenvalue weighted by atomic mass is 16.6. The number of nitro benzene ring substituents is 1. The SMILES string of the molecule is Cc1ccc(NC(=O)C2(N)CCOCC2)cc1[N+](=O)[O-]. The quantitative estimate of drug-likeness (QED) is 0.641. The van der Waals surface area contributed by atoms with Gasteiger partial charge in [-0.1, -0.05) is 6.07 Å². The average Bonchev–Trinajstić information content (AvgIpc) is 2.41. The topological polar surface area (TPSA) is 107 Å². The predicted molar refractivity (Wildman–Crippen MR) is 73.4 cm³/mol. The molecule has 1 aliphatic rings. The highest BCUT2D eigenvalue weighted by Crippen LogP contribution is 2.24. The summed E-state index contributed by atoms with van der Waals surface area (Å²) in [6.07, 6.45) is 0.875. The standard InChI is InChI=1S/C13H17N3O4/c1-9-2-3-10(8-11(9)16(18)19)15-12(17)13(14)4-6-20-7-5-13/h2-3,8H,4-7,14H2,1H3,(H,15,17). The Morgan fingerprint density at radius 2 is 2.10 bits per heavy atom. The molecular formula is C13H17N3O4. The van der Waals surface area contributed by atoms with Gasteiger partial charge in [0, 0.05) is 30.5 Å². The average molecular weight is 279 g/mol. The van der Waals surface area contributed by atoms with E-state index in [0.717, 1.165) is 0 Å². The Labute approximate surface area is 116 Å². The van der Waals surface area contributed by atoms with Crippen LogP contribution in [-0.4, -0.2) is 29.6 Å². The number of nitro groups is 1. The van der Waals surface area contributed by atoms with Crippen LogP contribution in [0.3, 0.4) is 0 Å². The van der Waals surface area contributed by atoms with Crippen molar-refractivity contribution < 1.29 is 14.5 Å². The van der Waals surface area contributed by atoms with E-state index in [1.807, 2.05) is 0 Å². The van der Waals surface area contributed by atoms with E-state index in [1.54, 1.807) is 19.1 Å². The number of carbonyl (C=O) groups excluding carboxylic acids is 1. The van der Waals surface area contributed by atoms with E-state index in [2.05, 4.69) is 5.32 Å². The van der Waals surface area contributed by atoms with Gasteiger partial charge in [0.25, 0.3) is 5.69 Å². The van der Waals surface area contributed by atoms with Gasteiger partial charge in [0.15, 0.2) is 0 Å². The number of amides is 1. The van der Waals surface area contributed by atoms with Gasteiger partial charge in [0.1, 0.15) is 5.54 Å². The summed E-state index contributed by atoms with van der Waals surface area (Å²) in [5.41, 5.74) is 5.97. The summed E-state index contributed by atoms with van der Waals surface area (Å²) < 4.78 is 5.18. The molecule has 0 atom stereocenters. The van der Waals surface area contributed by atoms with Crippen molar-refractivity contribution in [2.45, 2.75) is 25.3 Å². The molecule has 3 N–H and O–H groups in total. The molecule has 2 rings (SSSR count). The van der Waals surface area contributed by atoms with Crippen LogP contribution in [0.4, 0.5) is 11.4 Å². The molecular weight excluding hydrogens is 262 g/mol. The van der Waals surface area contributed by atoms with Crippen molar-refractivity contribution >= 4 is 17.3 Å². The Bertz CT molecular complexity index is 538. The van der Waals surface area contributed by atoms with Gasteiger partial charge in [-0.3, -0.25) is 14.9 Å². The molecule has 0 spiro atoms. The Morgan fingerprint density at radius 1 is 1.45 bits per heavy atom. The predicted octanol–water partition coefficient (Wildman–Crippen LogP) is 1.35. The lowest BCUT2D eigenvalue weighted by atomic mass is 9.90. The minimum absolute atomic E-state index is 0.0270. The molecule has 1 aliphatic heterocycles. The Hall–Kier alpha value is -1.99. The van der Waals surface area contributed by atoms with Crippen molar-refractivity contribution in [2.24, 2.45) is 5.73 Å². The summed E-state index contributed by atoms with van der Waals surface area (Å²) in [4.78, 5) is 22.6. The fourth-order valence-electron chi connectivity index (χ4n) is 2.10. The molecule has 0 radical (unpaired) electrons. The Morgan fingerprint density at radius 3 is 2.70 bits per heavy atom. The molecule has 0 aromatic heterocycles. The van der Waals surface area contributed by atoms with Crippen LogP contribution in [0.2, 0.25) is 0 Å². The van der Waals surface area contributed by atoms with E-state index in [9.17, 15) is 14.9 Å². The minimum Gasteiger partial charge on any atom is -0.381 e. The highest BCUT2D eigenvalue weighted by Gasteiger charge is 2.36. The monoisotopic (exact) mass is 279 g/mol. The van der Waals surface area contributed by atoms with Crippen LogP contribution in [0.5, 0.6) is 0 Å². The van der Waals surface area contributed by atoms with E-state index in [-0.39, 0.29) is 11.6 Å². The summed E-state index contributed by atoms with van der Waals surface area (Å²) in [7, 11) is 0. The lowest BCUT2D eigenvalue weighted by molar-refractivity contribution is -0.385. The van der Waals surface area contributed by atoms with Crippen LogP contribution in [0.15, 0.2) is 18.2 Å². The summed E-state index contributed by atoms with van der Waals surface area (Å²) in [6.45, 7) is 2.53. The number of anilines is 1. The second kappa shape index (κ2) is 5.56. The first-order valence-electron chi connectivity index (χ1n) is 6.35. The van der Waals surface area contributed by atoms with Crippen LogP contribution in [0.25, 0.3) is 0 Å². The number of hydrogen-bond acceptors (Lipinski definition) is 5. The third-order valence-electron chi connectivity index (χ3n) is 3.50. The molecule has 7 heteroatoms. The smallest absolute Gasteiger partial charge is 0.274 e. The fourth-order valence-corrected chi connectivity index (χ4v) is 2.10. The second-order valence-corrected chi connectivity index (χ2v) is 4.98. The zero-order chi connectivity index (χ0) is 14.8. The Kier molecular flexibility index (Phi) is 4.01. The minimum atomic E-state index is -0.974. The number of nitrogens with zero attached hydrogens (tertiary/aromatic N) is 1. The second-order valence-electron chi connectivity index (χ2n) is 4.98. The number of hydrogen-bond donors (Lipinski definition) is 2. The highest BCUT2D eigenvalue weighted by molar-refractivity contribution is 5.98. The molecule has 1 saturated heterocycles. The molecule has 1 fully saturated rings. The zero-order valence-electron chi connectivity index (χ0n) is 11.2. The van der Waals surface area contributed by atoms with Crippen LogP contribution in [0.1, 0.15) is 18.4 Å². The molecule has 1 amide bonds. The maximum absolute atomic E-state index is 12.2. The van der Waals surface area contributed by atoms with E-state index in [1.165, 1.54) is 6.07 Å². The van der Waals surface area contributed by atoms with Crippen molar-refractivity contribution in [3.63, 3.8) is 0 Å². The van der Waals surface area contributed by atoms with Crippen LogP contribution >= 0.6 is 0 Å². The largest absolute Gasteiger partial charge is 0.381 e. The number of nitrogens with one attached hydrogen (secondary N) is 1. The van der Waals surface area contributed by atoms with Crippen LogP contribution < -0.4 is 11.1 Å². The van der Waals surface area contributed by atoms with Crippen molar-refractivity contribution in [1.29, 1.82) is 0 Å². The van der Waals surface area contributed by atoms with Crippen LogP contribution in [-0.2, 0) is 9.53 Å². The third kappa shape index (κ3) is 2.94. The van der Waals surface area contributed by atoms with Gasteiger partial charge in [-0.15, -0.1) is 0 Å². The van der Waals surface area contributed by atoms with Gasteiger partial charge >= 0.3 is 0 Å².